The molecule has 0 atom stereocenters. The molecule has 38 heavy (non-hydrogen) atoms. The maximum absolute atomic E-state index is 4.91. The molecular weight excluding hydrogens is 480 g/mol. The van der Waals surface area contributed by atoms with Gasteiger partial charge >= 0.3 is 0 Å². The molecule has 7 aromatic rings. The number of anilines is 3. The van der Waals surface area contributed by atoms with E-state index in [9.17, 15) is 0 Å². The highest BCUT2D eigenvalue weighted by Crippen LogP contribution is 2.43. The molecule has 0 saturated carbocycles. The van der Waals surface area contributed by atoms with Gasteiger partial charge in [0.1, 0.15) is 0 Å². The summed E-state index contributed by atoms with van der Waals surface area (Å²) in [5.41, 5.74) is 7.02. The lowest BCUT2D eigenvalue weighted by atomic mass is 10.00. The lowest BCUT2D eigenvalue weighted by Gasteiger charge is -2.25. The van der Waals surface area contributed by atoms with Crippen LogP contribution in [0, 0.1) is 0 Å². The fourth-order valence-corrected chi connectivity index (χ4v) is 6.23. The molecule has 2 heterocycles. The first-order valence-corrected chi connectivity index (χ1v) is 13.5. The van der Waals surface area contributed by atoms with Crippen LogP contribution in [0.4, 0.5) is 17.2 Å². The van der Waals surface area contributed by atoms with E-state index in [2.05, 4.69) is 144 Å². The molecule has 0 radical (unpaired) electrons. The van der Waals surface area contributed by atoms with Crippen molar-refractivity contribution in [2.24, 2.45) is 0 Å². The first-order chi connectivity index (χ1) is 18.8. The summed E-state index contributed by atoms with van der Waals surface area (Å²) in [6.07, 6.45) is 1.93. The largest absolute Gasteiger partial charge is 0.294 e. The second kappa shape index (κ2) is 9.62. The number of rotatable bonds is 5. The van der Waals surface area contributed by atoms with Gasteiger partial charge in [-0.05, 0) is 58.7 Å². The third-order valence-corrected chi connectivity index (χ3v) is 8.13. The van der Waals surface area contributed by atoms with Crippen LogP contribution in [0.25, 0.3) is 42.4 Å². The summed E-state index contributed by atoms with van der Waals surface area (Å²) in [5, 5.41) is 2.52. The van der Waals surface area contributed by atoms with Crippen molar-refractivity contribution in [3.8, 4) is 22.3 Å². The standard InChI is InChI=1S/C35H24N2S/c1-3-9-25(10-4-1)26-15-17-27(18-16-26)28-19-21-30(22-20-28)37(29-11-5-2-6-12-29)35-34-32(23-24-36-35)31-13-7-8-14-33(31)38-34/h1-24H. The van der Waals surface area contributed by atoms with E-state index in [1.54, 1.807) is 11.3 Å². The van der Waals surface area contributed by atoms with Crippen LogP contribution >= 0.6 is 11.3 Å². The minimum absolute atomic E-state index is 0.954. The Kier molecular flexibility index (Phi) is 5.69. The SMILES string of the molecule is c1ccc(-c2ccc(-c3ccc(N(c4ccccc4)c4nccc5c4sc4ccccc45)cc3)cc2)cc1. The zero-order chi connectivity index (χ0) is 25.3. The second-order valence-electron chi connectivity index (χ2n) is 9.27. The van der Waals surface area contributed by atoms with Gasteiger partial charge in [-0.1, -0.05) is 103 Å². The van der Waals surface area contributed by atoms with Crippen LogP contribution in [0.5, 0.6) is 0 Å². The maximum atomic E-state index is 4.91. The van der Waals surface area contributed by atoms with Gasteiger partial charge in [0.2, 0.25) is 0 Å². The molecule has 0 bridgehead atoms. The van der Waals surface area contributed by atoms with Crippen LogP contribution < -0.4 is 4.90 Å². The van der Waals surface area contributed by atoms with E-state index in [0.29, 0.717) is 0 Å². The molecule has 0 N–H and O–H groups in total. The number of thiophene rings is 1. The van der Waals surface area contributed by atoms with Crippen molar-refractivity contribution in [3.05, 3.63) is 146 Å². The molecule has 0 saturated heterocycles. The highest BCUT2D eigenvalue weighted by Gasteiger charge is 2.19. The van der Waals surface area contributed by atoms with E-state index >= 15 is 0 Å². The van der Waals surface area contributed by atoms with Gasteiger partial charge in [-0.25, -0.2) is 4.98 Å². The summed E-state index contributed by atoms with van der Waals surface area (Å²) in [4.78, 5) is 7.17. The lowest BCUT2D eigenvalue weighted by molar-refractivity contribution is 1.20. The predicted molar refractivity (Wildman–Crippen MR) is 163 cm³/mol. The van der Waals surface area contributed by atoms with E-state index in [4.69, 9.17) is 4.98 Å². The van der Waals surface area contributed by atoms with Gasteiger partial charge < -0.3 is 0 Å². The van der Waals surface area contributed by atoms with Gasteiger partial charge in [0, 0.05) is 33.0 Å². The first kappa shape index (κ1) is 22.5. The Labute approximate surface area is 226 Å². The Morgan fingerprint density at radius 3 is 1.66 bits per heavy atom. The molecule has 0 aliphatic carbocycles. The summed E-state index contributed by atoms with van der Waals surface area (Å²) in [7, 11) is 0. The number of hydrogen-bond acceptors (Lipinski definition) is 3. The highest BCUT2D eigenvalue weighted by molar-refractivity contribution is 7.26. The Morgan fingerprint density at radius 2 is 0.974 bits per heavy atom. The molecule has 5 aromatic carbocycles. The van der Waals surface area contributed by atoms with Crippen LogP contribution in [-0.2, 0) is 0 Å². The van der Waals surface area contributed by atoms with E-state index in [1.165, 1.54) is 42.4 Å². The van der Waals surface area contributed by atoms with Crippen LogP contribution in [0.3, 0.4) is 0 Å². The van der Waals surface area contributed by atoms with Crippen LogP contribution in [-0.4, -0.2) is 4.98 Å². The molecule has 0 aliphatic heterocycles. The Morgan fingerprint density at radius 1 is 0.447 bits per heavy atom. The van der Waals surface area contributed by atoms with Gasteiger partial charge in [-0.3, -0.25) is 4.90 Å². The van der Waals surface area contributed by atoms with Gasteiger partial charge in [-0.2, -0.15) is 0 Å². The zero-order valence-corrected chi connectivity index (χ0v) is 21.5. The maximum Gasteiger partial charge on any atom is 0.155 e. The van der Waals surface area contributed by atoms with E-state index in [1.807, 2.05) is 6.20 Å². The highest BCUT2D eigenvalue weighted by atomic mass is 32.1. The summed E-state index contributed by atoms with van der Waals surface area (Å²) >= 11 is 1.80. The fraction of sp³-hybridized carbons (Fsp3) is 0. The smallest absolute Gasteiger partial charge is 0.155 e. The average Bonchev–Trinajstić information content (AvgIpc) is 3.39. The number of para-hydroxylation sites is 1. The van der Waals surface area contributed by atoms with Gasteiger partial charge in [0.05, 0.1) is 4.70 Å². The molecular formula is C35H24N2S. The summed E-state index contributed by atoms with van der Waals surface area (Å²) in [6, 6.07) is 49.3. The van der Waals surface area contributed by atoms with Crippen molar-refractivity contribution < 1.29 is 0 Å². The Balaban J connectivity index is 1.30. The monoisotopic (exact) mass is 504 g/mol. The van der Waals surface area contributed by atoms with Gasteiger partial charge in [0.25, 0.3) is 0 Å². The molecule has 7 rings (SSSR count). The van der Waals surface area contributed by atoms with Crippen molar-refractivity contribution in [2.45, 2.75) is 0 Å². The third-order valence-electron chi connectivity index (χ3n) is 6.95. The number of nitrogens with zero attached hydrogens (tertiary/aromatic N) is 2. The molecule has 0 unspecified atom stereocenters. The van der Waals surface area contributed by atoms with Crippen molar-refractivity contribution in [1.29, 1.82) is 0 Å². The Bertz CT molecular complexity index is 1840. The molecule has 180 valence electrons. The average molecular weight is 505 g/mol. The first-order valence-electron chi connectivity index (χ1n) is 12.7. The normalized spacial score (nSPS) is 11.2. The molecule has 0 aliphatic rings. The number of hydrogen-bond donors (Lipinski definition) is 0. The second-order valence-corrected chi connectivity index (χ2v) is 10.3. The molecule has 0 spiro atoms. The molecule has 3 heteroatoms. The van der Waals surface area contributed by atoms with Gasteiger partial charge in [-0.15, -0.1) is 11.3 Å². The van der Waals surface area contributed by atoms with E-state index in [0.717, 1.165) is 17.2 Å². The number of benzene rings is 5. The fourth-order valence-electron chi connectivity index (χ4n) is 5.06. The zero-order valence-electron chi connectivity index (χ0n) is 20.7. The van der Waals surface area contributed by atoms with Crippen LogP contribution in [0.2, 0.25) is 0 Å². The summed E-state index contributed by atoms with van der Waals surface area (Å²) in [5.74, 6) is 0.954. The van der Waals surface area contributed by atoms with Crippen molar-refractivity contribution in [2.75, 3.05) is 4.90 Å². The minimum atomic E-state index is 0.954. The summed E-state index contributed by atoms with van der Waals surface area (Å²) in [6.45, 7) is 0. The van der Waals surface area contributed by atoms with Crippen LogP contribution in [0.1, 0.15) is 0 Å². The third kappa shape index (κ3) is 4.03. The van der Waals surface area contributed by atoms with E-state index < -0.39 is 0 Å². The predicted octanol–water partition coefficient (Wildman–Crippen LogP) is 10.3. The molecule has 2 aromatic heterocycles. The van der Waals surface area contributed by atoms with Crippen molar-refractivity contribution >= 4 is 48.7 Å². The molecule has 0 amide bonds. The number of pyridine rings is 1. The van der Waals surface area contributed by atoms with Crippen molar-refractivity contribution in [3.63, 3.8) is 0 Å². The van der Waals surface area contributed by atoms with Crippen molar-refractivity contribution in [1.82, 2.24) is 4.98 Å². The minimum Gasteiger partial charge on any atom is -0.294 e. The van der Waals surface area contributed by atoms with Gasteiger partial charge in [0.15, 0.2) is 5.82 Å². The molecule has 2 nitrogen and oxygen atoms in total. The number of fused-ring (bicyclic) bond motifs is 3. The van der Waals surface area contributed by atoms with E-state index in [-0.39, 0.29) is 0 Å². The lowest BCUT2D eigenvalue weighted by Crippen LogP contribution is -2.11. The quantitative estimate of drug-likeness (QED) is 0.232. The van der Waals surface area contributed by atoms with Crippen LogP contribution in [0.15, 0.2) is 146 Å². The summed E-state index contributed by atoms with van der Waals surface area (Å²) < 4.78 is 2.47. The topological polar surface area (TPSA) is 16.1 Å². The Hall–Kier alpha value is -4.73. The number of aromatic nitrogens is 1. The molecule has 0 fully saturated rings.